The number of cyclic esters (lactones) is 2. The predicted molar refractivity (Wildman–Crippen MR) is 93.2 cm³/mol. The van der Waals surface area contributed by atoms with E-state index >= 15 is 0 Å². The van der Waals surface area contributed by atoms with Gasteiger partial charge in [0.15, 0.2) is 10.7 Å². The number of rotatable bonds is 3. The van der Waals surface area contributed by atoms with E-state index in [0.717, 1.165) is 15.7 Å². The summed E-state index contributed by atoms with van der Waals surface area (Å²) >= 11 is 4.74. The molecule has 0 atom stereocenters. The minimum atomic E-state index is -1.25. The number of halogens is 1. The van der Waals surface area contributed by atoms with Crippen LogP contribution in [-0.4, -0.2) is 22.7 Å². The Bertz CT molecular complexity index is 805. The fourth-order valence-corrected chi connectivity index (χ4v) is 2.96. The molecular formula is C16H13BrN2O4S. The lowest BCUT2D eigenvalue weighted by Crippen LogP contribution is -2.42. The van der Waals surface area contributed by atoms with Gasteiger partial charge in [0.25, 0.3) is 5.79 Å². The fourth-order valence-electron chi connectivity index (χ4n) is 2.01. The van der Waals surface area contributed by atoms with Crippen molar-refractivity contribution < 1.29 is 19.1 Å². The van der Waals surface area contributed by atoms with Crippen LogP contribution in [0.1, 0.15) is 13.8 Å². The van der Waals surface area contributed by atoms with Crippen molar-refractivity contribution in [2.24, 2.45) is 0 Å². The molecule has 0 aliphatic carbocycles. The van der Waals surface area contributed by atoms with Crippen LogP contribution in [0.4, 0.5) is 5.13 Å². The largest absolute Gasteiger partial charge is 0.419 e. The van der Waals surface area contributed by atoms with Crippen molar-refractivity contribution in [2.75, 3.05) is 5.32 Å². The van der Waals surface area contributed by atoms with Crippen molar-refractivity contribution in [3.8, 4) is 11.3 Å². The molecule has 1 aliphatic rings. The molecule has 2 aromatic rings. The number of benzene rings is 1. The highest BCUT2D eigenvalue weighted by Crippen LogP contribution is 2.27. The van der Waals surface area contributed by atoms with Crippen molar-refractivity contribution in [3.05, 3.63) is 45.9 Å². The molecular weight excluding hydrogens is 396 g/mol. The number of anilines is 1. The molecule has 1 aliphatic heterocycles. The van der Waals surface area contributed by atoms with Gasteiger partial charge in [0.2, 0.25) is 0 Å². The monoisotopic (exact) mass is 408 g/mol. The summed E-state index contributed by atoms with van der Waals surface area (Å²) in [7, 11) is 0. The van der Waals surface area contributed by atoms with Crippen LogP contribution >= 0.6 is 27.3 Å². The Hall–Kier alpha value is -2.19. The smallest absolute Gasteiger partial charge is 0.350 e. The van der Waals surface area contributed by atoms with Crippen molar-refractivity contribution in [2.45, 2.75) is 19.6 Å². The number of carbonyl (C=O) groups excluding carboxylic acids is 2. The van der Waals surface area contributed by atoms with Gasteiger partial charge in [-0.2, -0.15) is 0 Å². The lowest BCUT2D eigenvalue weighted by Gasteiger charge is -2.29. The molecule has 1 aromatic carbocycles. The third-order valence-electron chi connectivity index (χ3n) is 3.10. The molecule has 1 N–H and O–H groups in total. The third-order valence-corrected chi connectivity index (χ3v) is 4.40. The van der Waals surface area contributed by atoms with Crippen molar-refractivity contribution >= 4 is 44.3 Å². The van der Waals surface area contributed by atoms with E-state index in [4.69, 9.17) is 9.47 Å². The summed E-state index contributed by atoms with van der Waals surface area (Å²) in [6.45, 7) is 3.00. The maximum atomic E-state index is 11.8. The molecule has 24 heavy (non-hydrogen) atoms. The minimum absolute atomic E-state index is 0.199. The number of carbonyl (C=O) groups is 2. The van der Waals surface area contributed by atoms with Gasteiger partial charge in [-0.1, -0.05) is 28.1 Å². The molecule has 124 valence electrons. The van der Waals surface area contributed by atoms with Gasteiger partial charge in [0.05, 0.1) is 5.69 Å². The quantitative estimate of drug-likeness (QED) is 0.473. The summed E-state index contributed by atoms with van der Waals surface area (Å²) in [5.41, 5.74) is 1.56. The van der Waals surface area contributed by atoms with Crippen LogP contribution in [0.25, 0.3) is 11.3 Å². The van der Waals surface area contributed by atoms with Crippen LogP contribution in [0.5, 0.6) is 0 Å². The summed E-state index contributed by atoms with van der Waals surface area (Å²) in [6.07, 6.45) is 1.25. The Morgan fingerprint density at radius 3 is 2.42 bits per heavy atom. The van der Waals surface area contributed by atoms with E-state index < -0.39 is 17.7 Å². The molecule has 8 heteroatoms. The highest BCUT2D eigenvalue weighted by Gasteiger charge is 2.38. The number of ether oxygens (including phenoxy) is 2. The van der Waals surface area contributed by atoms with E-state index in [9.17, 15) is 9.59 Å². The molecule has 1 fully saturated rings. The fraction of sp³-hybridized carbons (Fsp3) is 0.188. The van der Waals surface area contributed by atoms with E-state index in [2.05, 4.69) is 26.2 Å². The Kier molecular flexibility index (Phi) is 4.42. The number of nitrogens with zero attached hydrogens (tertiary/aromatic N) is 1. The molecule has 0 radical (unpaired) electrons. The van der Waals surface area contributed by atoms with Crippen LogP contribution in [0.3, 0.4) is 0 Å². The first-order chi connectivity index (χ1) is 11.3. The van der Waals surface area contributed by atoms with Crippen molar-refractivity contribution in [1.82, 2.24) is 4.98 Å². The highest BCUT2D eigenvalue weighted by molar-refractivity contribution is 9.10. The Labute approximate surface area is 150 Å². The zero-order valence-electron chi connectivity index (χ0n) is 12.8. The summed E-state index contributed by atoms with van der Waals surface area (Å²) in [6, 6.07) is 7.75. The first-order valence-corrected chi connectivity index (χ1v) is 8.66. The summed E-state index contributed by atoms with van der Waals surface area (Å²) in [4.78, 5) is 28.1. The minimum Gasteiger partial charge on any atom is -0.419 e. The average Bonchev–Trinajstić information content (AvgIpc) is 2.95. The van der Waals surface area contributed by atoms with Crippen LogP contribution in [0, 0.1) is 0 Å². The Morgan fingerprint density at radius 1 is 1.17 bits per heavy atom. The second kappa shape index (κ2) is 6.37. The molecule has 1 aromatic heterocycles. The van der Waals surface area contributed by atoms with Gasteiger partial charge in [-0.15, -0.1) is 11.3 Å². The van der Waals surface area contributed by atoms with E-state index in [1.54, 1.807) is 0 Å². The molecule has 0 amide bonds. The maximum absolute atomic E-state index is 11.8. The first kappa shape index (κ1) is 16.7. The highest BCUT2D eigenvalue weighted by atomic mass is 79.9. The van der Waals surface area contributed by atoms with E-state index in [1.165, 1.54) is 31.4 Å². The van der Waals surface area contributed by atoms with Gasteiger partial charge in [-0.25, -0.2) is 14.6 Å². The number of hydrogen-bond donors (Lipinski definition) is 1. The van der Waals surface area contributed by atoms with Gasteiger partial charge >= 0.3 is 11.9 Å². The number of nitrogens with one attached hydrogen (secondary N) is 1. The summed E-state index contributed by atoms with van der Waals surface area (Å²) in [5, 5.41) is 5.27. The van der Waals surface area contributed by atoms with Gasteiger partial charge < -0.3 is 14.8 Å². The Balaban J connectivity index is 1.74. The normalized spacial score (nSPS) is 16.4. The molecule has 0 saturated carbocycles. The van der Waals surface area contributed by atoms with Gasteiger partial charge in [-0.05, 0) is 12.1 Å². The van der Waals surface area contributed by atoms with E-state index in [-0.39, 0.29) is 5.57 Å². The van der Waals surface area contributed by atoms with Gasteiger partial charge in [0.1, 0.15) is 0 Å². The second-order valence-electron chi connectivity index (χ2n) is 5.43. The van der Waals surface area contributed by atoms with E-state index in [0.29, 0.717) is 5.13 Å². The summed E-state index contributed by atoms with van der Waals surface area (Å²) in [5.74, 6) is -2.71. The number of aromatic nitrogens is 1. The second-order valence-corrected chi connectivity index (χ2v) is 7.20. The molecule has 0 bridgehead atoms. The topological polar surface area (TPSA) is 77.5 Å². The zero-order valence-corrected chi connectivity index (χ0v) is 15.2. The molecule has 3 rings (SSSR count). The van der Waals surface area contributed by atoms with Crippen LogP contribution < -0.4 is 5.32 Å². The number of thiazole rings is 1. The lowest BCUT2D eigenvalue weighted by atomic mass is 10.2. The van der Waals surface area contributed by atoms with Crippen LogP contribution in [-0.2, 0) is 19.1 Å². The Morgan fingerprint density at radius 2 is 1.79 bits per heavy atom. The number of hydrogen-bond acceptors (Lipinski definition) is 7. The molecule has 1 saturated heterocycles. The molecule has 6 nitrogen and oxygen atoms in total. The third kappa shape index (κ3) is 3.65. The predicted octanol–water partition coefficient (Wildman–Crippen LogP) is 3.70. The van der Waals surface area contributed by atoms with Crippen LogP contribution in [0.15, 0.2) is 45.9 Å². The van der Waals surface area contributed by atoms with Gasteiger partial charge in [-0.3, -0.25) is 0 Å². The standard InChI is InChI=1S/C16H13BrN2O4S/c1-16(2)22-13(20)11(14(21)23-16)7-18-15-19-12(8-24-15)9-3-5-10(17)6-4-9/h3-8H,1-2H3,(H,18,19). The molecule has 0 unspecified atom stereocenters. The van der Waals surface area contributed by atoms with Crippen molar-refractivity contribution in [3.63, 3.8) is 0 Å². The SMILES string of the molecule is CC1(C)OC(=O)C(=CNc2nc(-c3ccc(Br)cc3)cs2)C(=O)O1. The molecule has 0 spiro atoms. The van der Waals surface area contributed by atoms with Gasteiger partial charge in [0, 0.05) is 35.5 Å². The average molecular weight is 409 g/mol. The molecule has 2 heterocycles. The number of esters is 2. The summed E-state index contributed by atoms with van der Waals surface area (Å²) < 4.78 is 11.0. The zero-order chi connectivity index (χ0) is 17.3. The van der Waals surface area contributed by atoms with Crippen molar-refractivity contribution in [1.29, 1.82) is 0 Å². The van der Waals surface area contributed by atoms with E-state index in [1.807, 2.05) is 29.6 Å². The first-order valence-electron chi connectivity index (χ1n) is 6.99. The van der Waals surface area contributed by atoms with Crippen LogP contribution in [0.2, 0.25) is 0 Å². The lowest BCUT2D eigenvalue weighted by molar-refractivity contribution is -0.222. The maximum Gasteiger partial charge on any atom is 0.350 e.